The molecule has 1 aliphatic rings. The fourth-order valence-electron chi connectivity index (χ4n) is 3.07. The van der Waals surface area contributed by atoms with Gasteiger partial charge in [-0.3, -0.25) is 19.3 Å². The summed E-state index contributed by atoms with van der Waals surface area (Å²) in [5, 5.41) is 12.0. The zero-order valence-electron chi connectivity index (χ0n) is 14.5. The van der Waals surface area contributed by atoms with E-state index in [0.717, 1.165) is 4.90 Å². The lowest BCUT2D eigenvalue weighted by atomic mass is 10.1. The second-order valence-corrected chi connectivity index (χ2v) is 6.16. The molecule has 1 aromatic carbocycles. The maximum atomic E-state index is 13.0. The second kappa shape index (κ2) is 7.36. The Labute approximate surface area is 155 Å². The average Bonchev–Trinajstić information content (AvgIpc) is 3.22. The fraction of sp³-hybridized carbons (Fsp3) is 0.211. The van der Waals surface area contributed by atoms with Gasteiger partial charge in [-0.05, 0) is 30.7 Å². The van der Waals surface area contributed by atoms with Crippen molar-refractivity contribution in [1.29, 1.82) is 0 Å². The highest BCUT2D eigenvalue weighted by Crippen LogP contribution is 2.32. The van der Waals surface area contributed by atoms with Crippen LogP contribution in [0.15, 0.2) is 53.3 Å². The van der Waals surface area contributed by atoms with Gasteiger partial charge in [-0.25, -0.2) is 0 Å². The van der Waals surface area contributed by atoms with Crippen molar-refractivity contribution in [3.05, 3.63) is 65.8 Å². The van der Waals surface area contributed by atoms with Gasteiger partial charge < -0.3 is 20.6 Å². The molecule has 2 amide bonds. The second-order valence-electron chi connectivity index (χ2n) is 6.16. The number of carbonyl (C=O) groups excluding carboxylic acids is 2. The zero-order valence-corrected chi connectivity index (χ0v) is 14.5. The van der Waals surface area contributed by atoms with Gasteiger partial charge in [0, 0.05) is 17.8 Å². The molecule has 3 rings (SSSR count). The molecule has 0 bridgehead atoms. The highest BCUT2D eigenvalue weighted by molar-refractivity contribution is 6.24. The van der Waals surface area contributed by atoms with Gasteiger partial charge in [-0.1, -0.05) is 12.6 Å². The van der Waals surface area contributed by atoms with Gasteiger partial charge in [0.1, 0.15) is 5.76 Å². The Morgan fingerprint density at radius 3 is 2.67 bits per heavy atom. The van der Waals surface area contributed by atoms with Crippen LogP contribution in [-0.2, 0) is 11.3 Å². The summed E-state index contributed by atoms with van der Waals surface area (Å²) in [6.45, 7) is 3.96. The first-order valence-corrected chi connectivity index (χ1v) is 8.33. The Kier molecular flexibility index (Phi) is 4.98. The van der Waals surface area contributed by atoms with Gasteiger partial charge in [0.15, 0.2) is 0 Å². The number of aliphatic carboxylic acids is 1. The number of nitrogens with one attached hydrogen (secondary N) is 1. The molecule has 140 valence electrons. The van der Waals surface area contributed by atoms with Gasteiger partial charge >= 0.3 is 5.97 Å². The molecular formula is C19H19N3O5. The molecular weight excluding hydrogens is 350 g/mol. The van der Waals surface area contributed by atoms with Crippen LogP contribution in [0, 0.1) is 0 Å². The third-order valence-corrected chi connectivity index (χ3v) is 4.35. The summed E-state index contributed by atoms with van der Waals surface area (Å²) in [6, 6.07) is 7.58. The van der Waals surface area contributed by atoms with Crippen molar-refractivity contribution in [3.63, 3.8) is 0 Å². The van der Waals surface area contributed by atoms with Gasteiger partial charge in [0.2, 0.25) is 0 Å². The number of rotatable bonds is 8. The van der Waals surface area contributed by atoms with E-state index in [9.17, 15) is 14.4 Å². The van der Waals surface area contributed by atoms with Crippen LogP contribution in [-0.4, -0.2) is 33.8 Å². The molecule has 8 heteroatoms. The molecule has 4 N–H and O–H groups in total. The van der Waals surface area contributed by atoms with E-state index in [1.165, 1.54) is 0 Å². The summed E-state index contributed by atoms with van der Waals surface area (Å²) in [7, 11) is 0. The maximum Gasteiger partial charge on any atom is 0.303 e. The van der Waals surface area contributed by atoms with Crippen molar-refractivity contribution in [2.24, 2.45) is 5.73 Å². The lowest BCUT2D eigenvalue weighted by Gasteiger charge is -2.25. The number of amides is 2. The molecule has 1 aliphatic heterocycles. The molecule has 1 atom stereocenters. The molecule has 0 fully saturated rings. The lowest BCUT2D eigenvalue weighted by Crippen LogP contribution is -2.43. The Bertz CT molecular complexity index is 904. The van der Waals surface area contributed by atoms with Crippen LogP contribution in [0.5, 0.6) is 0 Å². The minimum absolute atomic E-state index is 0.00525. The van der Waals surface area contributed by atoms with E-state index < -0.39 is 23.8 Å². The van der Waals surface area contributed by atoms with E-state index in [-0.39, 0.29) is 29.7 Å². The standard InChI is InChI=1S/C19H19N3O5/c1-11(20)15(7-8-16(23)24)22-18(25)13-5-2-6-14(17(13)19(22)26)21-10-12-4-3-9-27-12/h2-6,9,15,21H,1,7-8,10,20H2,(H,23,24). The van der Waals surface area contributed by atoms with Gasteiger partial charge in [-0.15, -0.1) is 0 Å². The van der Waals surface area contributed by atoms with Crippen LogP contribution in [0.4, 0.5) is 5.69 Å². The normalized spacial score (nSPS) is 14.1. The molecule has 1 unspecified atom stereocenters. The Morgan fingerprint density at radius 1 is 1.26 bits per heavy atom. The third kappa shape index (κ3) is 3.55. The predicted octanol–water partition coefficient (Wildman–Crippen LogP) is 2.19. The predicted molar refractivity (Wildman–Crippen MR) is 97.0 cm³/mol. The molecule has 8 nitrogen and oxygen atoms in total. The number of carboxylic acids is 1. The molecule has 2 heterocycles. The topological polar surface area (TPSA) is 126 Å². The van der Waals surface area contributed by atoms with E-state index in [2.05, 4.69) is 11.9 Å². The molecule has 0 saturated carbocycles. The quantitative estimate of drug-likeness (QED) is 0.609. The number of fused-ring (bicyclic) bond motifs is 1. The molecule has 0 radical (unpaired) electrons. The van der Waals surface area contributed by atoms with Crippen molar-refractivity contribution in [3.8, 4) is 0 Å². The SMILES string of the molecule is C=C(N)C(CCC(=O)O)N1C(=O)c2cccc(NCc3ccco3)c2C1=O. The summed E-state index contributed by atoms with van der Waals surface area (Å²) in [4.78, 5) is 37.7. The van der Waals surface area contributed by atoms with E-state index in [1.54, 1.807) is 36.6 Å². The summed E-state index contributed by atoms with van der Waals surface area (Å²) < 4.78 is 5.26. The van der Waals surface area contributed by atoms with Crippen LogP contribution in [0.1, 0.15) is 39.3 Å². The number of nitrogens with zero attached hydrogens (tertiary/aromatic N) is 1. The van der Waals surface area contributed by atoms with Crippen LogP contribution < -0.4 is 11.1 Å². The maximum absolute atomic E-state index is 13.0. The Hall–Kier alpha value is -3.55. The van der Waals surface area contributed by atoms with Crippen molar-refractivity contribution in [2.45, 2.75) is 25.4 Å². The van der Waals surface area contributed by atoms with Gasteiger partial charge in [-0.2, -0.15) is 0 Å². The smallest absolute Gasteiger partial charge is 0.303 e. The summed E-state index contributed by atoms with van der Waals surface area (Å²) in [5.41, 5.74) is 6.79. The van der Waals surface area contributed by atoms with Crippen molar-refractivity contribution in [1.82, 2.24) is 4.90 Å². The number of benzene rings is 1. The fourth-order valence-corrected chi connectivity index (χ4v) is 3.07. The van der Waals surface area contributed by atoms with Crippen molar-refractivity contribution < 1.29 is 23.9 Å². The zero-order chi connectivity index (χ0) is 19.6. The number of carbonyl (C=O) groups is 3. The first kappa shape index (κ1) is 18.2. The molecule has 27 heavy (non-hydrogen) atoms. The number of anilines is 1. The molecule has 1 aromatic heterocycles. The summed E-state index contributed by atoms with van der Waals surface area (Å²) >= 11 is 0. The summed E-state index contributed by atoms with van der Waals surface area (Å²) in [6.07, 6.45) is 1.31. The van der Waals surface area contributed by atoms with Gasteiger partial charge in [0.25, 0.3) is 11.8 Å². The third-order valence-electron chi connectivity index (χ3n) is 4.35. The van der Waals surface area contributed by atoms with Gasteiger partial charge in [0.05, 0.1) is 30.0 Å². The van der Waals surface area contributed by atoms with E-state index >= 15 is 0 Å². The molecule has 0 saturated heterocycles. The largest absolute Gasteiger partial charge is 0.481 e. The minimum Gasteiger partial charge on any atom is -0.481 e. The molecule has 2 aromatic rings. The van der Waals surface area contributed by atoms with E-state index in [4.69, 9.17) is 15.3 Å². The lowest BCUT2D eigenvalue weighted by molar-refractivity contribution is -0.137. The highest BCUT2D eigenvalue weighted by atomic mass is 16.4. The van der Waals surface area contributed by atoms with Crippen LogP contribution in [0.3, 0.4) is 0 Å². The Morgan fingerprint density at radius 2 is 2.04 bits per heavy atom. The van der Waals surface area contributed by atoms with E-state index in [1.807, 2.05) is 0 Å². The number of nitrogens with two attached hydrogens (primary N) is 1. The number of hydrogen-bond acceptors (Lipinski definition) is 6. The van der Waals surface area contributed by atoms with Crippen molar-refractivity contribution >= 4 is 23.5 Å². The highest BCUT2D eigenvalue weighted by Gasteiger charge is 2.42. The van der Waals surface area contributed by atoms with Crippen LogP contribution in [0.2, 0.25) is 0 Å². The minimum atomic E-state index is -1.04. The number of hydrogen-bond donors (Lipinski definition) is 3. The first-order chi connectivity index (χ1) is 12.9. The number of imide groups is 1. The Balaban J connectivity index is 1.88. The molecule has 0 aliphatic carbocycles. The van der Waals surface area contributed by atoms with Crippen molar-refractivity contribution in [2.75, 3.05) is 5.32 Å². The first-order valence-electron chi connectivity index (χ1n) is 8.33. The average molecular weight is 369 g/mol. The molecule has 0 spiro atoms. The van der Waals surface area contributed by atoms with E-state index in [0.29, 0.717) is 18.0 Å². The van der Waals surface area contributed by atoms with Crippen LogP contribution in [0.25, 0.3) is 0 Å². The monoisotopic (exact) mass is 369 g/mol. The summed E-state index contributed by atoms with van der Waals surface area (Å²) in [5.74, 6) is -1.41. The number of furan rings is 1. The number of carboxylic acid groups (broad SMARTS) is 1. The van der Waals surface area contributed by atoms with Crippen LogP contribution >= 0.6 is 0 Å².